The van der Waals surface area contributed by atoms with Crippen molar-refractivity contribution in [2.24, 2.45) is 11.7 Å². The summed E-state index contributed by atoms with van der Waals surface area (Å²) >= 11 is 0. The Morgan fingerprint density at radius 3 is 2.80 bits per heavy atom. The van der Waals surface area contributed by atoms with Gasteiger partial charge in [0.25, 0.3) is 0 Å². The number of nitrogens with two attached hydrogens (primary N) is 1. The summed E-state index contributed by atoms with van der Waals surface area (Å²) in [6, 6.07) is 2.10. The predicted molar refractivity (Wildman–Crippen MR) is 82.5 cm³/mol. The molecule has 2 aliphatic rings. The zero-order valence-electron chi connectivity index (χ0n) is 12.3. The van der Waals surface area contributed by atoms with Gasteiger partial charge in [-0.1, -0.05) is 12.8 Å². The third-order valence-corrected chi connectivity index (χ3v) is 4.69. The van der Waals surface area contributed by atoms with Gasteiger partial charge in [-0.15, -0.1) is 0 Å². The molecule has 0 spiro atoms. The Hall–Kier alpha value is -1.58. The maximum atomic E-state index is 7.83. The first-order valence-corrected chi connectivity index (χ1v) is 7.73. The van der Waals surface area contributed by atoms with Crippen LogP contribution in [0, 0.1) is 11.3 Å². The van der Waals surface area contributed by atoms with E-state index in [0.29, 0.717) is 0 Å². The smallest absolute Gasteiger partial charge is 0.139 e. The maximum Gasteiger partial charge on any atom is 0.139 e. The predicted octanol–water partition coefficient (Wildman–Crippen LogP) is 2.48. The van der Waals surface area contributed by atoms with Gasteiger partial charge in [-0.3, -0.25) is 5.41 Å². The molecule has 1 saturated carbocycles. The highest BCUT2D eigenvalue weighted by Gasteiger charge is 2.22. The number of nitrogen functional groups attached to an aromatic ring is 1. The lowest BCUT2D eigenvalue weighted by Crippen LogP contribution is -2.28. The van der Waals surface area contributed by atoms with Gasteiger partial charge in [-0.2, -0.15) is 0 Å². The number of hydrogen-bond acceptors (Lipinski definition) is 3. The Morgan fingerprint density at radius 1 is 1.35 bits per heavy atom. The number of hydrogen-bond donors (Lipinski definition) is 2. The molecule has 0 radical (unpaired) electrons. The van der Waals surface area contributed by atoms with Crippen molar-refractivity contribution in [1.29, 1.82) is 5.41 Å². The molecular weight excluding hydrogens is 248 g/mol. The van der Waals surface area contributed by atoms with E-state index >= 15 is 0 Å². The van der Waals surface area contributed by atoms with Crippen molar-refractivity contribution in [3.63, 3.8) is 0 Å². The highest BCUT2D eigenvalue weighted by atomic mass is 15.2. The molecule has 4 heteroatoms. The second-order valence-corrected chi connectivity index (χ2v) is 6.26. The van der Waals surface area contributed by atoms with Crippen LogP contribution in [0.15, 0.2) is 6.07 Å². The van der Waals surface area contributed by atoms with E-state index in [1.54, 1.807) is 0 Å². The van der Waals surface area contributed by atoms with Crippen LogP contribution >= 0.6 is 0 Å². The molecule has 2 aliphatic carbocycles. The van der Waals surface area contributed by atoms with Crippen LogP contribution in [0.2, 0.25) is 0 Å². The number of anilines is 1. The molecule has 0 amide bonds. The van der Waals surface area contributed by atoms with E-state index in [-0.39, 0.29) is 5.84 Å². The van der Waals surface area contributed by atoms with Crippen molar-refractivity contribution in [1.82, 2.24) is 4.98 Å². The van der Waals surface area contributed by atoms with Gasteiger partial charge in [-0.05, 0) is 49.7 Å². The highest BCUT2D eigenvalue weighted by Crippen LogP contribution is 2.30. The molecule has 3 N–H and O–H groups in total. The van der Waals surface area contributed by atoms with Crippen molar-refractivity contribution < 1.29 is 0 Å². The van der Waals surface area contributed by atoms with Crippen molar-refractivity contribution in [3.8, 4) is 0 Å². The van der Waals surface area contributed by atoms with Crippen LogP contribution in [0.3, 0.4) is 0 Å². The lowest BCUT2D eigenvalue weighted by molar-refractivity contribution is 0.544. The summed E-state index contributed by atoms with van der Waals surface area (Å²) in [4.78, 5) is 7.04. The standard InChI is InChI=1S/C16H24N4/c1-20(10-11-5-2-3-6-11)16-13(15(17)18)9-12-7-4-8-14(12)19-16/h9,11H,2-8,10H2,1H3,(H3,17,18). The maximum absolute atomic E-state index is 7.83. The fraction of sp³-hybridized carbons (Fsp3) is 0.625. The summed E-state index contributed by atoms with van der Waals surface area (Å²) in [6.07, 6.45) is 8.68. The van der Waals surface area contributed by atoms with Gasteiger partial charge in [0.1, 0.15) is 11.7 Å². The number of aromatic nitrogens is 1. The molecule has 20 heavy (non-hydrogen) atoms. The first-order chi connectivity index (χ1) is 9.65. The summed E-state index contributed by atoms with van der Waals surface area (Å²) in [5, 5.41) is 7.83. The Balaban J connectivity index is 1.88. The molecule has 0 aromatic carbocycles. The molecule has 3 rings (SSSR count). The summed E-state index contributed by atoms with van der Waals surface area (Å²) in [6.45, 7) is 1.03. The van der Waals surface area contributed by atoms with Crippen LogP contribution in [-0.4, -0.2) is 24.4 Å². The summed E-state index contributed by atoms with van der Waals surface area (Å²) < 4.78 is 0. The average Bonchev–Trinajstić information content (AvgIpc) is 3.06. The number of nitrogens with zero attached hydrogens (tertiary/aromatic N) is 2. The molecule has 0 saturated heterocycles. The number of rotatable bonds is 4. The summed E-state index contributed by atoms with van der Waals surface area (Å²) in [5.41, 5.74) is 9.08. The van der Waals surface area contributed by atoms with Crippen LogP contribution in [0.5, 0.6) is 0 Å². The number of nitrogens with one attached hydrogen (secondary N) is 1. The second kappa shape index (κ2) is 5.43. The Labute approximate surface area is 120 Å². The summed E-state index contributed by atoms with van der Waals surface area (Å²) in [7, 11) is 2.09. The van der Waals surface area contributed by atoms with Gasteiger partial charge in [0.2, 0.25) is 0 Å². The highest BCUT2D eigenvalue weighted by molar-refractivity contribution is 5.99. The van der Waals surface area contributed by atoms with Crippen LogP contribution < -0.4 is 10.6 Å². The summed E-state index contributed by atoms with van der Waals surface area (Å²) in [5.74, 6) is 1.82. The monoisotopic (exact) mass is 272 g/mol. The van der Waals surface area contributed by atoms with Crippen LogP contribution in [0.4, 0.5) is 5.82 Å². The Bertz CT molecular complexity index is 517. The van der Waals surface area contributed by atoms with Crippen LogP contribution in [0.25, 0.3) is 0 Å². The van der Waals surface area contributed by atoms with Gasteiger partial charge >= 0.3 is 0 Å². The quantitative estimate of drug-likeness (QED) is 0.653. The lowest BCUT2D eigenvalue weighted by Gasteiger charge is -2.25. The lowest BCUT2D eigenvalue weighted by atomic mass is 10.1. The third-order valence-electron chi connectivity index (χ3n) is 4.69. The topological polar surface area (TPSA) is 66.0 Å². The molecule has 0 bridgehead atoms. The van der Waals surface area contributed by atoms with E-state index in [2.05, 4.69) is 18.0 Å². The molecule has 4 nitrogen and oxygen atoms in total. The van der Waals surface area contributed by atoms with Crippen molar-refractivity contribution in [2.75, 3.05) is 18.5 Å². The molecule has 108 valence electrons. The molecule has 0 atom stereocenters. The van der Waals surface area contributed by atoms with Gasteiger partial charge in [0.05, 0.1) is 5.56 Å². The van der Waals surface area contributed by atoms with E-state index < -0.39 is 0 Å². The minimum Gasteiger partial charge on any atom is -0.384 e. The third kappa shape index (κ3) is 2.51. The van der Waals surface area contributed by atoms with Crippen molar-refractivity contribution >= 4 is 11.7 Å². The van der Waals surface area contributed by atoms with E-state index in [1.807, 2.05) is 0 Å². The molecular formula is C16H24N4. The van der Waals surface area contributed by atoms with Gasteiger partial charge in [0.15, 0.2) is 0 Å². The molecule has 1 fully saturated rings. The zero-order chi connectivity index (χ0) is 14.1. The Kier molecular flexibility index (Phi) is 3.64. The Morgan fingerprint density at radius 2 is 2.10 bits per heavy atom. The minimum atomic E-state index is 0.139. The van der Waals surface area contributed by atoms with Crippen LogP contribution in [0.1, 0.15) is 48.9 Å². The average molecular weight is 272 g/mol. The van der Waals surface area contributed by atoms with E-state index in [9.17, 15) is 0 Å². The van der Waals surface area contributed by atoms with Crippen molar-refractivity contribution in [3.05, 3.63) is 22.9 Å². The van der Waals surface area contributed by atoms with E-state index in [4.69, 9.17) is 16.1 Å². The zero-order valence-corrected chi connectivity index (χ0v) is 12.3. The first-order valence-electron chi connectivity index (χ1n) is 7.73. The largest absolute Gasteiger partial charge is 0.384 e. The van der Waals surface area contributed by atoms with Gasteiger partial charge in [0, 0.05) is 19.3 Å². The SMILES string of the molecule is CN(CC1CCCC1)c1nc2c(cc1C(=N)N)CCC2. The molecule has 1 aromatic heterocycles. The van der Waals surface area contributed by atoms with Crippen molar-refractivity contribution in [2.45, 2.75) is 44.9 Å². The first kappa shape index (κ1) is 13.4. The molecule has 1 heterocycles. The van der Waals surface area contributed by atoms with E-state index in [1.165, 1.54) is 43.4 Å². The van der Waals surface area contributed by atoms with Gasteiger partial charge in [-0.25, -0.2) is 4.98 Å². The number of pyridine rings is 1. The number of aryl methyl sites for hydroxylation is 2. The van der Waals surface area contributed by atoms with E-state index in [0.717, 1.165) is 36.7 Å². The fourth-order valence-electron chi connectivity index (χ4n) is 3.62. The molecule has 1 aromatic rings. The molecule has 0 unspecified atom stereocenters. The van der Waals surface area contributed by atoms with Crippen LogP contribution in [-0.2, 0) is 12.8 Å². The number of amidine groups is 1. The second-order valence-electron chi connectivity index (χ2n) is 6.26. The minimum absolute atomic E-state index is 0.139. The number of fused-ring (bicyclic) bond motifs is 1. The molecule has 0 aliphatic heterocycles. The van der Waals surface area contributed by atoms with Gasteiger partial charge < -0.3 is 10.6 Å². The normalized spacial score (nSPS) is 18.2. The fourth-order valence-corrected chi connectivity index (χ4v) is 3.62.